The van der Waals surface area contributed by atoms with Gasteiger partial charge in [-0.05, 0) is 51.8 Å². The van der Waals surface area contributed by atoms with E-state index in [9.17, 15) is 9.90 Å². The molecule has 1 aliphatic heterocycles. The van der Waals surface area contributed by atoms with E-state index in [0.717, 1.165) is 38.0 Å². The zero-order valence-electron chi connectivity index (χ0n) is 13.2. The van der Waals surface area contributed by atoms with E-state index >= 15 is 0 Å². The Morgan fingerprint density at radius 1 is 1.43 bits per heavy atom. The predicted octanol–water partition coefficient (Wildman–Crippen LogP) is 2.61. The summed E-state index contributed by atoms with van der Waals surface area (Å²) in [5.74, 6) is 1.01. The average Bonchev–Trinajstić information content (AvgIpc) is 2.47. The van der Waals surface area contributed by atoms with E-state index in [2.05, 4.69) is 30.1 Å². The molecule has 1 aromatic rings. The third-order valence-corrected chi connectivity index (χ3v) is 4.47. The minimum Gasteiger partial charge on any atom is -0.508 e. The molecule has 0 saturated carbocycles. The van der Waals surface area contributed by atoms with E-state index in [0.29, 0.717) is 11.7 Å². The molecular formula is C17H26N2O2. The van der Waals surface area contributed by atoms with Gasteiger partial charge in [-0.3, -0.25) is 9.69 Å². The minimum atomic E-state index is 0.0514. The Balaban J connectivity index is 1.92. The van der Waals surface area contributed by atoms with Crippen LogP contribution in [0.15, 0.2) is 18.2 Å². The Kier molecular flexibility index (Phi) is 5.23. The summed E-state index contributed by atoms with van der Waals surface area (Å²) < 4.78 is 0. The number of aryl methyl sites for hydroxylation is 1. The van der Waals surface area contributed by atoms with Gasteiger partial charge in [-0.1, -0.05) is 17.7 Å². The summed E-state index contributed by atoms with van der Waals surface area (Å²) >= 11 is 0. The van der Waals surface area contributed by atoms with Crippen LogP contribution >= 0.6 is 0 Å². The molecule has 0 bridgehead atoms. The lowest BCUT2D eigenvalue weighted by Gasteiger charge is -2.36. The number of hydrogen-bond donors (Lipinski definition) is 2. The zero-order chi connectivity index (χ0) is 15.4. The van der Waals surface area contributed by atoms with Crippen molar-refractivity contribution in [1.29, 1.82) is 0 Å². The molecule has 4 heteroatoms. The van der Waals surface area contributed by atoms with E-state index in [1.165, 1.54) is 5.56 Å². The third-order valence-electron chi connectivity index (χ3n) is 4.47. The highest BCUT2D eigenvalue weighted by Crippen LogP contribution is 2.31. The number of nitrogens with one attached hydrogen (secondary N) is 1. The summed E-state index contributed by atoms with van der Waals surface area (Å²) in [5, 5.41) is 13.0. The molecule has 0 aliphatic carbocycles. The van der Waals surface area contributed by atoms with Crippen LogP contribution in [0.1, 0.15) is 43.9 Å². The SMILES string of the molecule is CC(=O)NCC1CCN(C(C)c2cc(C)ccc2O)CC1. The molecule has 2 rings (SSSR count). The summed E-state index contributed by atoms with van der Waals surface area (Å²) in [6, 6.07) is 6.02. The molecule has 1 aliphatic rings. The molecule has 1 heterocycles. The van der Waals surface area contributed by atoms with Crippen molar-refractivity contribution in [3.05, 3.63) is 29.3 Å². The molecule has 1 amide bonds. The highest BCUT2D eigenvalue weighted by atomic mass is 16.3. The monoisotopic (exact) mass is 290 g/mol. The molecule has 116 valence electrons. The quantitative estimate of drug-likeness (QED) is 0.896. The summed E-state index contributed by atoms with van der Waals surface area (Å²) in [5.41, 5.74) is 2.19. The minimum absolute atomic E-state index is 0.0514. The summed E-state index contributed by atoms with van der Waals surface area (Å²) in [6.45, 7) is 8.58. The van der Waals surface area contributed by atoms with Gasteiger partial charge in [0.25, 0.3) is 0 Å². The van der Waals surface area contributed by atoms with Gasteiger partial charge < -0.3 is 10.4 Å². The number of rotatable bonds is 4. The Hall–Kier alpha value is -1.55. The van der Waals surface area contributed by atoms with Crippen LogP contribution in [0, 0.1) is 12.8 Å². The van der Waals surface area contributed by atoms with E-state index in [-0.39, 0.29) is 11.9 Å². The lowest BCUT2D eigenvalue weighted by molar-refractivity contribution is -0.119. The van der Waals surface area contributed by atoms with Crippen molar-refractivity contribution in [3.8, 4) is 5.75 Å². The number of hydrogen-bond acceptors (Lipinski definition) is 3. The van der Waals surface area contributed by atoms with Crippen molar-refractivity contribution >= 4 is 5.91 Å². The first-order valence-corrected chi connectivity index (χ1v) is 7.75. The molecule has 2 N–H and O–H groups in total. The molecule has 1 aromatic carbocycles. The fraction of sp³-hybridized carbons (Fsp3) is 0.588. The smallest absolute Gasteiger partial charge is 0.216 e. The maximum Gasteiger partial charge on any atom is 0.216 e. The maximum absolute atomic E-state index is 11.0. The van der Waals surface area contributed by atoms with E-state index in [1.54, 1.807) is 13.0 Å². The number of carbonyl (C=O) groups excluding carboxylic acids is 1. The van der Waals surface area contributed by atoms with Gasteiger partial charge in [-0.15, -0.1) is 0 Å². The first-order chi connectivity index (χ1) is 9.97. The van der Waals surface area contributed by atoms with Crippen LogP contribution in [0.4, 0.5) is 0 Å². The summed E-state index contributed by atoms with van der Waals surface area (Å²) in [4.78, 5) is 13.4. The van der Waals surface area contributed by atoms with Crippen LogP contribution in [0.25, 0.3) is 0 Å². The molecule has 21 heavy (non-hydrogen) atoms. The number of amides is 1. The van der Waals surface area contributed by atoms with Gasteiger partial charge in [0.1, 0.15) is 5.75 Å². The van der Waals surface area contributed by atoms with E-state index in [1.807, 2.05) is 6.07 Å². The van der Waals surface area contributed by atoms with Crippen LogP contribution in [0.5, 0.6) is 5.75 Å². The molecule has 1 atom stereocenters. The summed E-state index contributed by atoms with van der Waals surface area (Å²) in [7, 11) is 0. The normalized spacial score (nSPS) is 18.4. The number of likely N-dealkylation sites (tertiary alicyclic amines) is 1. The summed E-state index contributed by atoms with van der Waals surface area (Å²) in [6.07, 6.45) is 2.19. The molecule has 0 radical (unpaired) electrons. The Bertz CT molecular complexity index is 494. The first-order valence-electron chi connectivity index (χ1n) is 7.75. The van der Waals surface area contributed by atoms with Gasteiger partial charge in [0.05, 0.1) is 0 Å². The van der Waals surface area contributed by atoms with Crippen molar-refractivity contribution in [1.82, 2.24) is 10.2 Å². The average molecular weight is 290 g/mol. The van der Waals surface area contributed by atoms with Gasteiger partial charge in [0, 0.05) is 25.1 Å². The lowest BCUT2D eigenvalue weighted by Crippen LogP contribution is -2.39. The van der Waals surface area contributed by atoms with Crippen LogP contribution < -0.4 is 5.32 Å². The highest BCUT2D eigenvalue weighted by Gasteiger charge is 2.24. The number of phenols is 1. The number of benzene rings is 1. The van der Waals surface area contributed by atoms with Gasteiger partial charge in [0.2, 0.25) is 5.91 Å². The molecule has 1 unspecified atom stereocenters. The number of aromatic hydroxyl groups is 1. The van der Waals surface area contributed by atoms with Crippen molar-refractivity contribution in [2.24, 2.45) is 5.92 Å². The Morgan fingerprint density at radius 2 is 2.10 bits per heavy atom. The molecule has 1 saturated heterocycles. The van der Waals surface area contributed by atoms with E-state index in [4.69, 9.17) is 0 Å². The Labute approximate surface area is 127 Å². The molecule has 1 fully saturated rings. The fourth-order valence-electron chi connectivity index (χ4n) is 3.04. The number of piperidine rings is 1. The zero-order valence-corrected chi connectivity index (χ0v) is 13.2. The van der Waals surface area contributed by atoms with Crippen LogP contribution in [-0.4, -0.2) is 35.5 Å². The van der Waals surface area contributed by atoms with E-state index < -0.39 is 0 Å². The van der Waals surface area contributed by atoms with Crippen LogP contribution in [0.2, 0.25) is 0 Å². The number of carbonyl (C=O) groups is 1. The molecular weight excluding hydrogens is 264 g/mol. The first kappa shape index (κ1) is 15.8. The van der Waals surface area contributed by atoms with Gasteiger partial charge in [-0.2, -0.15) is 0 Å². The number of phenolic OH excluding ortho intramolecular Hbond substituents is 1. The van der Waals surface area contributed by atoms with Crippen LogP contribution in [-0.2, 0) is 4.79 Å². The lowest BCUT2D eigenvalue weighted by atomic mass is 9.94. The van der Waals surface area contributed by atoms with Crippen molar-refractivity contribution in [2.75, 3.05) is 19.6 Å². The fourth-order valence-corrected chi connectivity index (χ4v) is 3.04. The molecule has 4 nitrogen and oxygen atoms in total. The second kappa shape index (κ2) is 6.94. The largest absolute Gasteiger partial charge is 0.508 e. The number of nitrogens with zero attached hydrogens (tertiary/aromatic N) is 1. The molecule has 0 aromatic heterocycles. The second-order valence-corrected chi connectivity index (χ2v) is 6.15. The standard InChI is InChI=1S/C17H26N2O2/c1-12-4-5-17(21)16(10-12)13(2)19-8-6-15(7-9-19)11-18-14(3)20/h4-5,10,13,15,21H,6-9,11H2,1-3H3,(H,18,20). The second-order valence-electron chi connectivity index (χ2n) is 6.15. The third kappa shape index (κ3) is 4.21. The highest BCUT2D eigenvalue weighted by molar-refractivity contribution is 5.72. The van der Waals surface area contributed by atoms with Gasteiger partial charge in [0.15, 0.2) is 0 Å². The van der Waals surface area contributed by atoms with Gasteiger partial charge >= 0.3 is 0 Å². The maximum atomic E-state index is 11.0. The Morgan fingerprint density at radius 3 is 2.71 bits per heavy atom. The van der Waals surface area contributed by atoms with Crippen LogP contribution in [0.3, 0.4) is 0 Å². The van der Waals surface area contributed by atoms with Gasteiger partial charge in [-0.25, -0.2) is 0 Å². The topological polar surface area (TPSA) is 52.6 Å². The van der Waals surface area contributed by atoms with Crippen molar-refractivity contribution < 1.29 is 9.90 Å². The van der Waals surface area contributed by atoms with Crippen molar-refractivity contribution in [2.45, 2.75) is 39.7 Å². The predicted molar refractivity (Wildman–Crippen MR) is 84.2 cm³/mol. The molecule has 0 spiro atoms. The van der Waals surface area contributed by atoms with Crippen molar-refractivity contribution in [3.63, 3.8) is 0 Å².